The van der Waals surface area contributed by atoms with Crippen molar-refractivity contribution in [2.45, 2.75) is 33.6 Å². The molecule has 0 heteroatoms. The van der Waals surface area contributed by atoms with E-state index in [0.717, 1.165) is 5.92 Å². The predicted molar refractivity (Wildman–Crippen MR) is 44.8 cm³/mol. The summed E-state index contributed by atoms with van der Waals surface area (Å²) in [5.74, 6) is 0.791. The average Bonchev–Trinajstić information content (AvgIpc) is 2.36. The third kappa shape index (κ3) is 1.17. The van der Waals surface area contributed by atoms with Gasteiger partial charge in [0.2, 0.25) is 0 Å². The van der Waals surface area contributed by atoms with E-state index in [1.165, 1.54) is 12.8 Å². The molecule has 0 saturated carbocycles. The molecule has 0 aliphatic heterocycles. The lowest BCUT2D eigenvalue weighted by Gasteiger charge is -2.28. The molecule has 10 heavy (non-hydrogen) atoms. The van der Waals surface area contributed by atoms with Crippen molar-refractivity contribution in [3.05, 3.63) is 17.9 Å². The van der Waals surface area contributed by atoms with Crippen LogP contribution in [0.3, 0.4) is 0 Å². The van der Waals surface area contributed by atoms with Crippen LogP contribution in [0.1, 0.15) is 33.6 Å². The quantitative estimate of drug-likeness (QED) is 0.511. The maximum atomic E-state index is 3.18. The Bertz CT molecular complexity index is 172. The minimum absolute atomic E-state index is 0.411. The second kappa shape index (κ2) is 2.64. The molecule has 2 atom stereocenters. The maximum Gasteiger partial charge on any atom is -0.000487 e. The monoisotopic (exact) mass is 136 g/mol. The summed E-state index contributed by atoms with van der Waals surface area (Å²) >= 11 is 0. The molecule has 0 bridgehead atoms. The molecule has 1 rings (SSSR count). The second-order valence-electron chi connectivity index (χ2n) is 3.53. The Labute approximate surface area is 63.6 Å². The molecule has 0 radical (unpaired) electrons. The highest BCUT2D eigenvalue weighted by atomic mass is 14.3. The molecule has 0 fully saturated rings. The fourth-order valence-electron chi connectivity index (χ4n) is 1.40. The van der Waals surface area contributed by atoms with Crippen LogP contribution >= 0.6 is 0 Å². The molecule has 0 N–H and O–H groups in total. The molecule has 0 saturated heterocycles. The van der Waals surface area contributed by atoms with Crippen molar-refractivity contribution < 1.29 is 0 Å². The highest BCUT2D eigenvalue weighted by Crippen LogP contribution is 2.37. The van der Waals surface area contributed by atoms with Gasteiger partial charge in [-0.1, -0.05) is 27.2 Å². The minimum atomic E-state index is 0.411. The van der Waals surface area contributed by atoms with Gasteiger partial charge in [0.1, 0.15) is 0 Å². The summed E-state index contributed by atoms with van der Waals surface area (Å²) in [6, 6.07) is 0. The first-order valence-corrected chi connectivity index (χ1v) is 4.11. The Balaban J connectivity index is 2.62. The number of hydrogen-bond acceptors (Lipinski definition) is 0. The zero-order valence-corrected chi connectivity index (χ0v) is 7.15. The summed E-state index contributed by atoms with van der Waals surface area (Å²) in [5, 5.41) is 0. The van der Waals surface area contributed by atoms with Crippen molar-refractivity contribution in [1.82, 2.24) is 0 Å². The fourth-order valence-corrected chi connectivity index (χ4v) is 1.40. The van der Waals surface area contributed by atoms with E-state index in [2.05, 4.69) is 38.7 Å². The van der Waals surface area contributed by atoms with Gasteiger partial charge in [-0.15, -0.1) is 5.73 Å². The van der Waals surface area contributed by atoms with Gasteiger partial charge < -0.3 is 0 Å². The topological polar surface area (TPSA) is 0 Å². The van der Waals surface area contributed by atoms with Gasteiger partial charge in [0.15, 0.2) is 0 Å². The largest absolute Gasteiger partial charge is 0.129 e. The molecule has 0 spiro atoms. The van der Waals surface area contributed by atoms with Crippen LogP contribution in [-0.4, -0.2) is 0 Å². The van der Waals surface area contributed by atoms with E-state index in [-0.39, 0.29) is 0 Å². The Kier molecular flexibility index (Phi) is 2.01. The van der Waals surface area contributed by atoms with Crippen molar-refractivity contribution in [3.63, 3.8) is 0 Å². The number of allylic oxidation sites excluding steroid dienone is 1. The van der Waals surface area contributed by atoms with E-state index in [9.17, 15) is 0 Å². The van der Waals surface area contributed by atoms with Crippen LogP contribution in [0.5, 0.6) is 0 Å². The van der Waals surface area contributed by atoms with Crippen molar-refractivity contribution in [1.29, 1.82) is 0 Å². The first kappa shape index (κ1) is 7.63. The zero-order valence-electron chi connectivity index (χ0n) is 7.15. The number of hydrogen-bond donors (Lipinski definition) is 0. The van der Waals surface area contributed by atoms with Crippen molar-refractivity contribution >= 4 is 0 Å². The van der Waals surface area contributed by atoms with Gasteiger partial charge in [-0.25, -0.2) is 0 Å². The second-order valence-corrected chi connectivity index (χ2v) is 3.53. The van der Waals surface area contributed by atoms with Crippen LogP contribution < -0.4 is 0 Å². The minimum Gasteiger partial charge on any atom is -0.129 e. The SMILES string of the molecule is CCC(C)C1(C)C=C=CC1. The predicted octanol–water partition coefficient (Wildman–Crippen LogP) is 3.15. The van der Waals surface area contributed by atoms with Gasteiger partial charge >= 0.3 is 0 Å². The zero-order chi connectivity index (χ0) is 7.61. The lowest BCUT2D eigenvalue weighted by Crippen LogP contribution is -2.19. The lowest BCUT2D eigenvalue weighted by molar-refractivity contribution is 0.278. The third-order valence-electron chi connectivity index (χ3n) is 2.81. The highest BCUT2D eigenvalue weighted by molar-refractivity contribution is 5.09. The van der Waals surface area contributed by atoms with Crippen LogP contribution in [0, 0.1) is 11.3 Å². The standard InChI is InChI=1S/C10H16/c1-4-9(2)10(3)7-5-6-8-10/h5,8-9H,4,7H2,1-3H3. The van der Waals surface area contributed by atoms with E-state index in [4.69, 9.17) is 0 Å². The van der Waals surface area contributed by atoms with Crippen LogP contribution in [0.2, 0.25) is 0 Å². The van der Waals surface area contributed by atoms with Crippen molar-refractivity contribution in [3.8, 4) is 0 Å². The van der Waals surface area contributed by atoms with Gasteiger partial charge in [0.25, 0.3) is 0 Å². The summed E-state index contributed by atoms with van der Waals surface area (Å²) < 4.78 is 0. The summed E-state index contributed by atoms with van der Waals surface area (Å²) in [6.07, 6.45) is 6.82. The lowest BCUT2D eigenvalue weighted by atomic mass is 9.76. The Morgan fingerprint density at radius 1 is 1.70 bits per heavy atom. The van der Waals surface area contributed by atoms with Gasteiger partial charge in [0, 0.05) is 0 Å². The van der Waals surface area contributed by atoms with Crippen LogP contribution in [0.15, 0.2) is 17.9 Å². The molecule has 0 amide bonds. The molecule has 1 aliphatic carbocycles. The van der Waals surface area contributed by atoms with E-state index in [1.54, 1.807) is 0 Å². The van der Waals surface area contributed by atoms with Crippen molar-refractivity contribution in [2.75, 3.05) is 0 Å². The summed E-state index contributed by atoms with van der Waals surface area (Å²) in [6.45, 7) is 6.89. The Morgan fingerprint density at radius 2 is 2.40 bits per heavy atom. The smallest absolute Gasteiger partial charge is 0.000487 e. The third-order valence-corrected chi connectivity index (χ3v) is 2.81. The summed E-state index contributed by atoms with van der Waals surface area (Å²) in [4.78, 5) is 0. The first-order chi connectivity index (χ1) is 4.69. The molecule has 0 aromatic rings. The maximum absolute atomic E-state index is 3.18. The van der Waals surface area contributed by atoms with Gasteiger partial charge in [-0.05, 0) is 29.9 Å². The molecule has 0 heterocycles. The van der Waals surface area contributed by atoms with E-state index in [1.807, 2.05) is 0 Å². The molecule has 1 aliphatic rings. The van der Waals surface area contributed by atoms with Crippen molar-refractivity contribution in [2.24, 2.45) is 11.3 Å². The van der Waals surface area contributed by atoms with E-state index in [0.29, 0.717) is 5.41 Å². The average molecular weight is 136 g/mol. The highest BCUT2D eigenvalue weighted by Gasteiger charge is 2.27. The fraction of sp³-hybridized carbons (Fsp3) is 0.700. The Morgan fingerprint density at radius 3 is 2.80 bits per heavy atom. The molecule has 0 aromatic heterocycles. The molecule has 0 aromatic carbocycles. The van der Waals surface area contributed by atoms with Gasteiger partial charge in [-0.3, -0.25) is 0 Å². The van der Waals surface area contributed by atoms with Gasteiger partial charge in [-0.2, -0.15) is 0 Å². The normalized spacial score (nSPS) is 33.1. The first-order valence-electron chi connectivity index (χ1n) is 4.11. The van der Waals surface area contributed by atoms with Crippen LogP contribution in [-0.2, 0) is 0 Å². The van der Waals surface area contributed by atoms with Crippen LogP contribution in [0.25, 0.3) is 0 Å². The molecule has 0 nitrogen and oxygen atoms in total. The molecule has 56 valence electrons. The summed E-state index contributed by atoms with van der Waals surface area (Å²) in [5.41, 5.74) is 3.59. The van der Waals surface area contributed by atoms with Crippen LogP contribution in [0.4, 0.5) is 0 Å². The number of rotatable bonds is 2. The molecular weight excluding hydrogens is 120 g/mol. The summed E-state index contributed by atoms with van der Waals surface area (Å²) in [7, 11) is 0. The van der Waals surface area contributed by atoms with E-state index < -0.39 is 0 Å². The Hall–Kier alpha value is -0.480. The van der Waals surface area contributed by atoms with E-state index >= 15 is 0 Å². The molecule has 2 unspecified atom stereocenters. The van der Waals surface area contributed by atoms with Gasteiger partial charge in [0.05, 0.1) is 0 Å². The molecular formula is C10H16.